The van der Waals surface area contributed by atoms with Gasteiger partial charge in [0.05, 0.1) is 0 Å². The summed E-state index contributed by atoms with van der Waals surface area (Å²) in [5.41, 5.74) is 3.20. The maximum absolute atomic E-state index is 11.6. The molecule has 0 aliphatic carbocycles. The van der Waals surface area contributed by atoms with Crippen molar-refractivity contribution in [2.24, 2.45) is 0 Å². The number of hydroxylamine groups is 1. The van der Waals surface area contributed by atoms with Gasteiger partial charge in [-0.2, -0.15) is 0 Å². The van der Waals surface area contributed by atoms with E-state index in [2.05, 4.69) is 101 Å². The Morgan fingerprint density at radius 3 is 1.94 bits per heavy atom. The predicted octanol–water partition coefficient (Wildman–Crippen LogP) is 1.03. The summed E-state index contributed by atoms with van der Waals surface area (Å²) in [5, 5.41) is 11.6. The Labute approximate surface area is 209 Å². The Hall–Kier alpha value is -2.04. The molecule has 2 N–H and O–H groups in total. The van der Waals surface area contributed by atoms with Crippen LogP contribution in [-0.2, 0) is 19.0 Å². The molecule has 0 saturated carbocycles. The molecule has 180 valence electrons. The molecule has 6 rings (SSSR count). The van der Waals surface area contributed by atoms with Crippen molar-refractivity contribution in [1.82, 2.24) is 5.48 Å². The Balaban J connectivity index is 1.63. The van der Waals surface area contributed by atoms with Crippen LogP contribution in [0.5, 0.6) is 0 Å². The summed E-state index contributed by atoms with van der Waals surface area (Å²) < 4.78 is 24.5. The summed E-state index contributed by atoms with van der Waals surface area (Å²) in [6, 6.07) is 32.3. The van der Waals surface area contributed by atoms with E-state index in [1.165, 1.54) is 10.7 Å². The number of rotatable bonds is 6. The zero-order valence-corrected chi connectivity index (χ0v) is 22.4. The van der Waals surface area contributed by atoms with E-state index in [9.17, 15) is 5.11 Å². The van der Waals surface area contributed by atoms with E-state index in [0.29, 0.717) is 13.2 Å². The second kappa shape index (κ2) is 9.44. The van der Waals surface area contributed by atoms with Crippen LogP contribution in [0.15, 0.2) is 101 Å². The summed E-state index contributed by atoms with van der Waals surface area (Å²) in [6.07, 6.45) is -2.40. The summed E-state index contributed by atoms with van der Waals surface area (Å²) in [4.78, 5) is 5.52. The van der Waals surface area contributed by atoms with Gasteiger partial charge in [0, 0.05) is 0 Å². The van der Waals surface area contributed by atoms with Gasteiger partial charge in [-0.05, 0) is 0 Å². The van der Waals surface area contributed by atoms with Crippen molar-refractivity contribution < 1.29 is 24.2 Å². The molecule has 6 nitrogen and oxygen atoms in total. The molecule has 0 radical (unpaired) electrons. The van der Waals surface area contributed by atoms with E-state index in [0.717, 1.165) is 5.57 Å². The molecule has 3 aliphatic heterocycles. The van der Waals surface area contributed by atoms with Crippen molar-refractivity contribution in [2.75, 3.05) is 20.3 Å². The average molecular weight is 578 g/mol. The molecule has 0 amide bonds. The van der Waals surface area contributed by atoms with E-state index < -0.39 is 48.5 Å². The number of nitrogens with one attached hydrogen (secondary N) is 1. The summed E-state index contributed by atoms with van der Waals surface area (Å²) >= 11 is -3.79. The van der Waals surface area contributed by atoms with Crippen molar-refractivity contribution in [2.45, 2.75) is 30.1 Å². The van der Waals surface area contributed by atoms with Crippen molar-refractivity contribution in [3.8, 4) is 0 Å². The molecule has 0 aromatic heterocycles. The second-order valence-electron chi connectivity index (χ2n) is 9.30. The van der Waals surface area contributed by atoms with E-state index in [4.69, 9.17) is 19.0 Å². The van der Waals surface area contributed by atoms with E-state index >= 15 is 0 Å². The van der Waals surface area contributed by atoms with Gasteiger partial charge in [0.2, 0.25) is 0 Å². The standard InChI is InChI=1S/C10H14NO5.3C6H5.Sn/c1-5-3-14-8-9-15-4-6(16-9)7(12)10(5,8)11-13-2;3*1-2-4-6-5-3-1;/h1,6-9,11-12H,3-4H2,2H3;3*1-5H;/t6-,7-,8-,9-,10-;;;;/m1..../s1. The van der Waals surface area contributed by atoms with Crippen LogP contribution >= 0.6 is 0 Å². The van der Waals surface area contributed by atoms with Gasteiger partial charge in [-0.25, -0.2) is 0 Å². The third kappa shape index (κ3) is 3.62. The van der Waals surface area contributed by atoms with Gasteiger partial charge >= 0.3 is 210 Å². The Bertz CT molecular complexity index is 1100. The molecule has 0 unspecified atom stereocenters. The molecule has 3 aromatic rings. The molecule has 3 saturated heterocycles. The number of ether oxygens (including phenoxy) is 3. The Morgan fingerprint density at radius 1 is 0.886 bits per heavy atom. The van der Waals surface area contributed by atoms with Crippen LogP contribution in [0.4, 0.5) is 0 Å². The quantitative estimate of drug-likeness (QED) is 0.337. The number of hydrogen-bond donors (Lipinski definition) is 2. The van der Waals surface area contributed by atoms with Gasteiger partial charge in [-0.15, -0.1) is 0 Å². The van der Waals surface area contributed by atoms with Gasteiger partial charge in [-0.3, -0.25) is 0 Å². The number of fused-ring (bicyclic) bond motifs is 4. The van der Waals surface area contributed by atoms with Crippen LogP contribution < -0.4 is 16.2 Å². The van der Waals surface area contributed by atoms with Crippen molar-refractivity contribution in [1.29, 1.82) is 0 Å². The monoisotopic (exact) mass is 579 g/mol. The van der Waals surface area contributed by atoms with E-state index in [1.54, 1.807) is 7.11 Å². The predicted molar refractivity (Wildman–Crippen MR) is 135 cm³/mol. The second-order valence-corrected chi connectivity index (χ2v) is 19.7. The summed E-state index contributed by atoms with van der Waals surface area (Å²) in [5.74, 6) is 0. The molecule has 3 fully saturated rings. The summed E-state index contributed by atoms with van der Waals surface area (Å²) in [6.45, 7) is 0.690. The molecule has 7 heteroatoms. The van der Waals surface area contributed by atoms with E-state index in [1.807, 2.05) is 0 Å². The van der Waals surface area contributed by atoms with Crippen LogP contribution in [0.1, 0.15) is 0 Å². The van der Waals surface area contributed by atoms with Crippen LogP contribution in [0.3, 0.4) is 0 Å². The van der Waals surface area contributed by atoms with Gasteiger partial charge in [0.15, 0.2) is 0 Å². The van der Waals surface area contributed by atoms with Crippen LogP contribution in [0.2, 0.25) is 0 Å². The van der Waals surface area contributed by atoms with Crippen molar-refractivity contribution >= 4 is 29.1 Å². The summed E-state index contributed by atoms with van der Waals surface area (Å²) in [7, 11) is 1.58. The van der Waals surface area contributed by atoms with E-state index in [-0.39, 0.29) is 0 Å². The molecule has 3 aromatic carbocycles. The first kappa shape index (κ1) is 23.4. The minimum absolute atomic E-state index is 0.330. The molecule has 5 atom stereocenters. The molecular formula is C28H29NO5Sn. The first-order chi connectivity index (χ1) is 17.2. The van der Waals surface area contributed by atoms with Crippen LogP contribution in [0, 0.1) is 0 Å². The van der Waals surface area contributed by atoms with Gasteiger partial charge in [0.1, 0.15) is 0 Å². The zero-order chi connectivity index (χ0) is 23.9. The molecule has 3 aliphatic rings. The molecular weight excluding hydrogens is 549 g/mol. The zero-order valence-electron chi connectivity index (χ0n) is 19.5. The number of aliphatic hydroxyl groups is 1. The van der Waals surface area contributed by atoms with Crippen LogP contribution in [-0.4, -0.2) is 73.9 Å². The minimum atomic E-state index is -3.79. The fraction of sp³-hybridized carbons (Fsp3) is 0.286. The topological polar surface area (TPSA) is 69.2 Å². The number of aliphatic hydroxyl groups excluding tert-OH is 1. The normalized spacial score (nSPS) is 31.0. The van der Waals surface area contributed by atoms with Gasteiger partial charge in [0.25, 0.3) is 0 Å². The average Bonchev–Trinajstić information content (AvgIpc) is 3.52. The molecule has 35 heavy (non-hydrogen) atoms. The number of hydrogen-bond acceptors (Lipinski definition) is 6. The van der Waals surface area contributed by atoms with Gasteiger partial charge in [-0.1, -0.05) is 0 Å². The number of benzene rings is 3. The van der Waals surface area contributed by atoms with Crippen molar-refractivity contribution in [3.63, 3.8) is 0 Å². The third-order valence-corrected chi connectivity index (χ3v) is 20.4. The fourth-order valence-corrected chi connectivity index (χ4v) is 18.8. The van der Waals surface area contributed by atoms with Crippen LogP contribution in [0.25, 0.3) is 0 Å². The Kier molecular flexibility index (Phi) is 6.30. The van der Waals surface area contributed by atoms with Crippen molar-refractivity contribution in [3.05, 3.63) is 101 Å². The van der Waals surface area contributed by atoms with Gasteiger partial charge < -0.3 is 0 Å². The Morgan fingerprint density at radius 2 is 1.43 bits per heavy atom. The first-order valence-electron chi connectivity index (χ1n) is 12.0. The molecule has 2 bridgehead atoms. The SMILES string of the molecule is CON[C@@]12/C(=[CH]/[Sn]([c]3ccccc3)([c]3ccccc3)[c]3ccccc3)CO[C@@H]1[C@@H]1OC[C@@H](O1)[C@H]2O. The first-order valence-corrected chi connectivity index (χ1v) is 17.9. The molecule has 3 heterocycles. The third-order valence-electron chi connectivity index (χ3n) is 7.55. The molecule has 0 spiro atoms. The maximum atomic E-state index is 11.6. The fourth-order valence-electron chi connectivity index (χ4n) is 5.95.